The van der Waals surface area contributed by atoms with E-state index in [4.69, 9.17) is 14.0 Å². The van der Waals surface area contributed by atoms with Gasteiger partial charge in [0.15, 0.2) is 0 Å². The molecule has 1 aliphatic heterocycles. The SMILES string of the molecule is CO[Si](CCO)OC.O=C1OC(=O)c2ccccc21. The van der Waals surface area contributed by atoms with Crippen molar-refractivity contribution in [2.45, 2.75) is 6.04 Å². The van der Waals surface area contributed by atoms with Crippen molar-refractivity contribution in [3.8, 4) is 0 Å². The molecule has 0 amide bonds. The summed E-state index contributed by atoms with van der Waals surface area (Å²) in [5.41, 5.74) is 0.718. The second kappa shape index (κ2) is 7.80. The molecule has 7 heteroatoms. The standard InChI is InChI=1S/C8H4O3.C4H11O3Si/c9-7-5-3-1-2-4-6(5)8(10)11-7;1-6-8(7-2)4-3-5/h1-4H;5H,3-4H2,1-2H3. The van der Waals surface area contributed by atoms with Crippen molar-refractivity contribution < 1.29 is 28.3 Å². The average Bonchev–Trinajstić information content (AvgIpc) is 2.73. The lowest BCUT2D eigenvalue weighted by atomic mass is 10.1. The molecule has 0 saturated carbocycles. The van der Waals surface area contributed by atoms with Gasteiger partial charge in [0.05, 0.1) is 11.1 Å². The zero-order valence-corrected chi connectivity index (χ0v) is 11.7. The summed E-state index contributed by atoms with van der Waals surface area (Å²) in [6.07, 6.45) is 0. The molecule has 1 heterocycles. The van der Waals surface area contributed by atoms with Gasteiger partial charge in [-0.25, -0.2) is 9.59 Å². The first kappa shape index (κ1) is 15.5. The molecule has 103 valence electrons. The van der Waals surface area contributed by atoms with Crippen LogP contribution in [0.2, 0.25) is 6.04 Å². The molecule has 1 aromatic carbocycles. The van der Waals surface area contributed by atoms with E-state index in [9.17, 15) is 9.59 Å². The predicted octanol–water partition coefficient (Wildman–Crippen LogP) is 0.757. The number of carbonyl (C=O) groups excluding carboxylic acids is 2. The molecule has 0 saturated heterocycles. The first-order valence-corrected chi connectivity index (χ1v) is 7.06. The van der Waals surface area contributed by atoms with Gasteiger partial charge >= 0.3 is 21.2 Å². The fraction of sp³-hybridized carbons (Fsp3) is 0.333. The number of esters is 2. The van der Waals surface area contributed by atoms with E-state index >= 15 is 0 Å². The van der Waals surface area contributed by atoms with Gasteiger partial charge in [-0.1, -0.05) is 12.1 Å². The van der Waals surface area contributed by atoms with Crippen LogP contribution in [0.4, 0.5) is 0 Å². The number of rotatable bonds is 4. The first-order chi connectivity index (χ1) is 9.13. The number of fused-ring (bicyclic) bond motifs is 1. The van der Waals surface area contributed by atoms with Crippen LogP contribution >= 0.6 is 0 Å². The van der Waals surface area contributed by atoms with E-state index in [0.717, 1.165) is 0 Å². The summed E-state index contributed by atoms with van der Waals surface area (Å²) in [7, 11) is 2.06. The zero-order chi connectivity index (χ0) is 14.3. The molecule has 2 rings (SSSR count). The Kier molecular flexibility index (Phi) is 6.37. The summed E-state index contributed by atoms with van der Waals surface area (Å²) in [6, 6.07) is 7.17. The molecule has 1 radical (unpaired) electrons. The third kappa shape index (κ3) is 4.25. The Morgan fingerprint density at radius 3 is 1.89 bits per heavy atom. The molecule has 6 nitrogen and oxygen atoms in total. The van der Waals surface area contributed by atoms with E-state index in [1.54, 1.807) is 38.5 Å². The number of ether oxygens (including phenoxy) is 1. The van der Waals surface area contributed by atoms with Gasteiger partial charge < -0.3 is 18.7 Å². The number of hydrogen-bond donors (Lipinski definition) is 1. The molecule has 19 heavy (non-hydrogen) atoms. The highest BCUT2D eigenvalue weighted by atomic mass is 28.3. The van der Waals surface area contributed by atoms with E-state index in [1.165, 1.54) is 0 Å². The molecule has 1 N–H and O–H groups in total. The van der Waals surface area contributed by atoms with Crippen LogP contribution in [0, 0.1) is 0 Å². The molecule has 0 spiro atoms. The van der Waals surface area contributed by atoms with Gasteiger partial charge in [0.2, 0.25) is 0 Å². The second-order valence-corrected chi connectivity index (χ2v) is 5.54. The average molecular weight is 283 g/mol. The Morgan fingerprint density at radius 2 is 1.58 bits per heavy atom. The minimum absolute atomic E-state index is 0.149. The van der Waals surface area contributed by atoms with Crippen molar-refractivity contribution in [1.29, 1.82) is 0 Å². The van der Waals surface area contributed by atoms with Crippen LogP contribution < -0.4 is 0 Å². The maximum Gasteiger partial charge on any atom is 0.386 e. The molecular formula is C12H15O6Si. The monoisotopic (exact) mass is 283 g/mol. The van der Waals surface area contributed by atoms with Crippen LogP contribution in [0.15, 0.2) is 24.3 Å². The Bertz CT molecular complexity index is 411. The molecule has 1 aliphatic rings. The molecule has 0 unspecified atom stereocenters. The van der Waals surface area contributed by atoms with Crippen molar-refractivity contribution in [2.24, 2.45) is 0 Å². The Labute approximate surface area is 112 Å². The minimum atomic E-state index is -1.12. The van der Waals surface area contributed by atoms with Crippen molar-refractivity contribution in [3.05, 3.63) is 35.4 Å². The lowest BCUT2D eigenvalue weighted by molar-refractivity contribution is 0.0443. The molecular weight excluding hydrogens is 268 g/mol. The highest BCUT2D eigenvalue weighted by Crippen LogP contribution is 2.18. The third-order valence-electron chi connectivity index (χ3n) is 2.32. The fourth-order valence-corrected chi connectivity index (χ4v) is 2.17. The van der Waals surface area contributed by atoms with Gasteiger partial charge in [-0.05, 0) is 12.1 Å². The van der Waals surface area contributed by atoms with Gasteiger partial charge in [-0.15, -0.1) is 0 Å². The number of aliphatic hydroxyl groups excluding tert-OH is 1. The van der Waals surface area contributed by atoms with Gasteiger partial charge in [-0.3, -0.25) is 0 Å². The van der Waals surface area contributed by atoms with Crippen LogP contribution in [0.3, 0.4) is 0 Å². The summed E-state index contributed by atoms with van der Waals surface area (Å²) >= 11 is 0. The van der Waals surface area contributed by atoms with Crippen LogP contribution in [-0.4, -0.2) is 47.2 Å². The van der Waals surface area contributed by atoms with Crippen LogP contribution in [-0.2, 0) is 13.6 Å². The smallest absolute Gasteiger partial charge is 0.386 e. The van der Waals surface area contributed by atoms with E-state index in [1.807, 2.05) is 0 Å². The summed E-state index contributed by atoms with van der Waals surface area (Å²) < 4.78 is 14.1. The molecule has 0 bridgehead atoms. The van der Waals surface area contributed by atoms with E-state index in [0.29, 0.717) is 17.2 Å². The molecule has 0 aliphatic carbocycles. The zero-order valence-electron chi connectivity index (χ0n) is 10.7. The number of cyclic esters (lactones) is 2. The highest BCUT2D eigenvalue weighted by Gasteiger charge is 2.28. The van der Waals surface area contributed by atoms with Gasteiger partial charge in [0.1, 0.15) is 0 Å². The topological polar surface area (TPSA) is 82.1 Å². The lowest BCUT2D eigenvalue weighted by Gasteiger charge is -2.05. The highest BCUT2D eigenvalue weighted by molar-refractivity contribution is 6.44. The lowest BCUT2D eigenvalue weighted by Crippen LogP contribution is -2.19. The molecule has 0 aromatic heterocycles. The maximum absolute atomic E-state index is 10.8. The minimum Gasteiger partial charge on any atom is -0.397 e. The van der Waals surface area contributed by atoms with Crippen molar-refractivity contribution in [3.63, 3.8) is 0 Å². The number of carbonyl (C=O) groups is 2. The van der Waals surface area contributed by atoms with Gasteiger partial charge in [-0.2, -0.15) is 0 Å². The Balaban J connectivity index is 0.000000203. The van der Waals surface area contributed by atoms with Crippen molar-refractivity contribution >= 4 is 21.2 Å². The summed E-state index contributed by atoms with van der Waals surface area (Å²) in [5.74, 6) is -1.10. The van der Waals surface area contributed by atoms with Crippen LogP contribution in [0.1, 0.15) is 20.7 Å². The largest absolute Gasteiger partial charge is 0.397 e. The van der Waals surface area contributed by atoms with Crippen LogP contribution in [0.25, 0.3) is 0 Å². The van der Waals surface area contributed by atoms with E-state index < -0.39 is 21.2 Å². The number of hydrogen-bond acceptors (Lipinski definition) is 6. The maximum atomic E-state index is 10.8. The van der Waals surface area contributed by atoms with Crippen molar-refractivity contribution in [2.75, 3.05) is 20.8 Å². The van der Waals surface area contributed by atoms with Gasteiger partial charge in [0.25, 0.3) is 0 Å². The number of aliphatic hydroxyl groups is 1. The van der Waals surface area contributed by atoms with E-state index in [-0.39, 0.29) is 6.61 Å². The molecule has 0 fully saturated rings. The Morgan fingerprint density at radius 1 is 1.11 bits per heavy atom. The fourth-order valence-electron chi connectivity index (χ4n) is 1.41. The third-order valence-corrected chi connectivity index (χ3v) is 3.87. The quantitative estimate of drug-likeness (QED) is 0.499. The van der Waals surface area contributed by atoms with Crippen LogP contribution in [0.5, 0.6) is 0 Å². The predicted molar refractivity (Wildman–Crippen MR) is 67.9 cm³/mol. The summed E-state index contributed by atoms with van der Waals surface area (Å²) in [4.78, 5) is 21.7. The second-order valence-electron chi connectivity index (χ2n) is 3.48. The first-order valence-electron chi connectivity index (χ1n) is 5.54. The number of benzene rings is 1. The molecule has 1 aromatic rings. The van der Waals surface area contributed by atoms with Gasteiger partial charge in [0, 0.05) is 26.9 Å². The van der Waals surface area contributed by atoms with E-state index in [2.05, 4.69) is 4.74 Å². The molecule has 0 atom stereocenters. The Hall–Kier alpha value is -1.54. The summed E-state index contributed by atoms with van der Waals surface area (Å²) in [5, 5.41) is 8.36. The van der Waals surface area contributed by atoms with Crippen molar-refractivity contribution in [1.82, 2.24) is 0 Å². The summed E-state index contributed by atoms with van der Waals surface area (Å²) in [6.45, 7) is 0.149. The normalized spacial score (nSPS) is 12.8.